The molecule has 1 aromatic rings. The number of aromatic nitrogens is 1. The van der Waals surface area contributed by atoms with Crippen molar-refractivity contribution in [3.8, 4) is 0 Å². The van der Waals surface area contributed by atoms with Crippen LogP contribution in [0.25, 0.3) is 0 Å². The lowest BCUT2D eigenvalue weighted by molar-refractivity contribution is 0.0687. The van der Waals surface area contributed by atoms with Gasteiger partial charge in [0.1, 0.15) is 5.69 Å². The summed E-state index contributed by atoms with van der Waals surface area (Å²) in [6.07, 6.45) is 1.17. The van der Waals surface area contributed by atoms with Crippen molar-refractivity contribution >= 4 is 11.9 Å². The Labute approximate surface area is 105 Å². The van der Waals surface area contributed by atoms with Crippen LogP contribution in [0.1, 0.15) is 27.8 Å². The van der Waals surface area contributed by atoms with Gasteiger partial charge < -0.3 is 14.7 Å². The fraction of sp³-hybridized carbons (Fsp3) is 0.417. The predicted octanol–water partition coefficient (Wildman–Crippen LogP) is 0.888. The van der Waals surface area contributed by atoms with Crippen molar-refractivity contribution in [2.24, 2.45) is 0 Å². The highest BCUT2D eigenvalue weighted by atomic mass is 16.5. The molecule has 98 valence electrons. The zero-order chi connectivity index (χ0) is 13.5. The number of carboxylic acids is 1. The molecule has 0 saturated heterocycles. The van der Waals surface area contributed by atoms with Crippen LogP contribution in [-0.4, -0.2) is 53.7 Å². The van der Waals surface area contributed by atoms with Crippen LogP contribution in [0.3, 0.4) is 0 Å². The number of carboxylic acid groups (broad SMARTS) is 1. The van der Waals surface area contributed by atoms with Crippen molar-refractivity contribution < 1.29 is 19.4 Å². The van der Waals surface area contributed by atoms with Gasteiger partial charge in [0, 0.05) is 26.4 Å². The average Bonchev–Trinajstić information content (AvgIpc) is 2.38. The number of hydrogen-bond donors (Lipinski definition) is 1. The van der Waals surface area contributed by atoms with E-state index in [1.165, 1.54) is 23.2 Å². The Morgan fingerprint density at radius 3 is 2.67 bits per heavy atom. The number of aromatic carboxylic acids is 1. The first-order chi connectivity index (χ1) is 8.56. The molecule has 1 heterocycles. The van der Waals surface area contributed by atoms with E-state index < -0.39 is 5.97 Å². The third-order valence-corrected chi connectivity index (χ3v) is 2.35. The van der Waals surface area contributed by atoms with Gasteiger partial charge in [0.2, 0.25) is 0 Å². The van der Waals surface area contributed by atoms with Crippen molar-refractivity contribution in [1.82, 2.24) is 9.88 Å². The third-order valence-electron chi connectivity index (χ3n) is 2.35. The van der Waals surface area contributed by atoms with E-state index in [2.05, 4.69) is 4.98 Å². The van der Waals surface area contributed by atoms with Gasteiger partial charge in [-0.25, -0.2) is 4.79 Å². The minimum Gasteiger partial charge on any atom is -0.478 e. The van der Waals surface area contributed by atoms with E-state index in [0.717, 1.165) is 0 Å². The van der Waals surface area contributed by atoms with Gasteiger partial charge in [-0.2, -0.15) is 0 Å². The second kappa shape index (κ2) is 6.70. The van der Waals surface area contributed by atoms with Crippen LogP contribution >= 0.6 is 0 Å². The number of carbonyl (C=O) groups excluding carboxylic acids is 1. The lowest BCUT2D eigenvalue weighted by Crippen LogP contribution is -2.30. The molecule has 0 saturated carbocycles. The summed E-state index contributed by atoms with van der Waals surface area (Å²) in [7, 11) is 1.65. The number of hydrogen-bond acceptors (Lipinski definition) is 4. The van der Waals surface area contributed by atoms with Crippen LogP contribution in [0.4, 0.5) is 0 Å². The Morgan fingerprint density at radius 1 is 1.44 bits per heavy atom. The van der Waals surface area contributed by atoms with Crippen LogP contribution in [0.15, 0.2) is 18.3 Å². The summed E-state index contributed by atoms with van der Waals surface area (Å²) in [6.45, 7) is 3.42. The summed E-state index contributed by atoms with van der Waals surface area (Å²) in [5.41, 5.74) is 0.280. The molecule has 0 aliphatic heterocycles. The molecular weight excluding hydrogens is 236 g/mol. The van der Waals surface area contributed by atoms with Crippen molar-refractivity contribution in [1.29, 1.82) is 0 Å². The highest BCUT2D eigenvalue weighted by Gasteiger charge is 2.13. The monoisotopic (exact) mass is 252 g/mol. The topological polar surface area (TPSA) is 79.7 Å². The molecule has 1 rings (SSSR count). The van der Waals surface area contributed by atoms with Crippen LogP contribution < -0.4 is 0 Å². The van der Waals surface area contributed by atoms with Gasteiger partial charge in [-0.15, -0.1) is 0 Å². The molecule has 6 nitrogen and oxygen atoms in total. The summed E-state index contributed by atoms with van der Waals surface area (Å²) < 4.78 is 5.15. The van der Waals surface area contributed by atoms with Crippen molar-refractivity contribution in [3.05, 3.63) is 29.6 Å². The van der Waals surface area contributed by atoms with Crippen molar-refractivity contribution in [3.63, 3.8) is 0 Å². The normalized spacial score (nSPS) is 10.1. The van der Waals surface area contributed by atoms with E-state index in [1.54, 1.807) is 7.05 Å². The second-order valence-electron chi connectivity index (χ2n) is 3.66. The van der Waals surface area contributed by atoms with E-state index in [4.69, 9.17) is 9.84 Å². The predicted molar refractivity (Wildman–Crippen MR) is 64.6 cm³/mol. The summed E-state index contributed by atoms with van der Waals surface area (Å²) >= 11 is 0. The van der Waals surface area contributed by atoms with Gasteiger partial charge in [-0.3, -0.25) is 9.78 Å². The Hall–Kier alpha value is -1.95. The summed E-state index contributed by atoms with van der Waals surface area (Å²) in [4.78, 5) is 27.8. The lowest BCUT2D eigenvalue weighted by atomic mass is 10.2. The molecule has 18 heavy (non-hydrogen) atoms. The second-order valence-corrected chi connectivity index (χ2v) is 3.66. The third kappa shape index (κ3) is 3.81. The summed E-state index contributed by atoms with van der Waals surface area (Å²) in [5.74, 6) is -1.32. The maximum absolute atomic E-state index is 11.9. The molecule has 0 spiro atoms. The van der Waals surface area contributed by atoms with Gasteiger partial charge in [-0.1, -0.05) is 0 Å². The number of nitrogens with zero attached hydrogens (tertiary/aromatic N) is 2. The summed E-state index contributed by atoms with van der Waals surface area (Å²) in [5, 5.41) is 8.71. The highest BCUT2D eigenvalue weighted by Crippen LogP contribution is 2.03. The van der Waals surface area contributed by atoms with Crippen LogP contribution in [0.5, 0.6) is 0 Å². The van der Waals surface area contributed by atoms with Crippen LogP contribution in [0.2, 0.25) is 0 Å². The largest absolute Gasteiger partial charge is 0.478 e. The molecular formula is C12H16N2O4. The number of rotatable bonds is 6. The molecule has 1 aromatic heterocycles. The molecule has 0 bridgehead atoms. The number of amides is 1. The molecule has 0 aromatic carbocycles. The Morgan fingerprint density at radius 2 is 2.17 bits per heavy atom. The first kappa shape index (κ1) is 14.1. The fourth-order valence-corrected chi connectivity index (χ4v) is 1.29. The zero-order valence-electron chi connectivity index (χ0n) is 10.4. The molecule has 0 radical (unpaired) electrons. The highest BCUT2D eigenvalue weighted by molar-refractivity contribution is 5.93. The molecule has 0 unspecified atom stereocenters. The van der Waals surface area contributed by atoms with Crippen LogP contribution in [-0.2, 0) is 4.74 Å². The quantitative estimate of drug-likeness (QED) is 0.760. The van der Waals surface area contributed by atoms with Gasteiger partial charge in [0.15, 0.2) is 0 Å². The van der Waals surface area contributed by atoms with E-state index in [0.29, 0.717) is 19.8 Å². The Kier molecular flexibility index (Phi) is 5.26. The molecule has 1 amide bonds. The van der Waals surface area contributed by atoms with E-state index in [-0.39, 0.29) is 17.2 Å². The zero-order valence-corrected chi connectivity index (χ0v) is 10.4. The molecule has 0 fully saturated rings. The summed E-state index contributed by atoms with van der Waals surface area (Å²) in [6, 6.07) is 2.77. The van der Waals surface area contributed by atoms with Gasteiger partial charge >= 0.3 is 5.97 Å². The van der Waals surface area contributed by atoms with Crippen molar-refractivity contribution in [2.75, 3.05) is 26.8 Å². The SMILES string of the molecule is CCOCCN(C)C(=O)c1ccc(C(=O)O)cn1. The van der Waals surface area contributed by atoms with Gasteiger partial charge in [0.05, 0.1) is 12.2 Å². The number of pyridine rings is 1. The molecule has 0 atom stereocenters. The molecule has 1 N–H and O–H groups in total. The first-order valence-corrected chi connectivity index (χ1v) is 5.58. The van der Waals surface area contributed by atoms with Gasteiger partial charge in [-0.05, 0) is 19.1 Å². The fourth-order valence-electron chi connectivity index (χ4n) is 1.29. The number of likely N-dealkylation sites (N-methyl/N-ethyl adjacent to an activating group) is 1. The minimum absolute atomic E-state index is 0.0588. The number of carbonyl (C=O) groups is 2. The molecule has 0 aliphatic rings. The van der Waals surface area contributed by atoms with E-state index in [9.17, 15) is 9.59 Å². The Balaban J connectivity index is 2.63. The maximum Gasteiger partial charge on any atom is 0.337 e. The maximum atomic E-state index is 11.9. The van der Waals surface area contributed by atoms with Crippen molar-refractivity contribution in [2.45, 2.75) is 6.92 Å². The lowest BCUT2D eigenvalue weighted by Gasteiger charge is -2.16. The van der Waals surface area contributed by atoms with E-state index >= 15 is 0 Å². The smallest absolute Gasteiger partial charge is 0.337 e. The average molecular weight is 252 g/mol. The standard InChI is InChI=1S/C12H16N2O4/c1-3-18-7-6-14(2)11(15)10-5-4-9(8-13-10)12(16)17/h4-5,8H,3,6-7H2,1-2H3,(H,16,17). The Bertz CT molecular complexity index is 417. The molecule has 0 aliphatic carbocycles. The molecule has 6 heteroatoms. The minimum atomic E-state index is -1.06. The number of ether oxygens (including phenoxy) is 1. The van der Waals surface area contributed by atoms with E-state index in [1.807, 2.05) is 6.92 Å². The first-order valence-electron chi connectivity index (χ1n) is 5.58. The van der Waals surface area contributed by atoms with Crippen LogP contribution in [0, 0.1) is 0 Å². The van der Waals surface area contributed by atoms with Gasteiger partial charge in [0.25, 0.3) is 5.91 Å².